The lowest BCUT2D eigenvalue weighted by atomic mass is 9.97. The number of piperidine rings is 1. The van der Waals surface area contributed by atoms with E-state index in [0.29, 0.717) is 19.5 Å². The van der Waals surface area contributed by atoms with Gasteiger partial charge in [0, 0.05) is 31.2 Å². The second-order valence-corrected chi connectivity index (χ2v) is 9.93. The van der Waals surface area contributed by atoms with Gasteiger partial charge in [0.2, 0.25) is 0 Å². The van der Waals surface area contributed by atoms with Gasteiger partial charge in [-0.3, -0.25) is 9.59 Å². The van der Waals surface area contributed by atoms with Crippen LogP contribution in [0, 0.1) is 0 Å². The van der Waals surface area contributed by atoms with Crippen LogP contribution < -0.4 is 0 Å². The van der Waals surface area contributed by atoms with Crippen molar-refractivity contribution in [2.45, 2.75) is 57.7 Å². The molecule has 0 aromatic carbocycles. The highest BCUT2D eigenvalue weighted by molar-refractivity contribution is 7.91. The maximum absolute atomic E-state index is 13.0. The van der Waals surface area contributed by atoms with E-state index in [2.05, 4.69) is 0 Å². The Bertz CT molecular complexity index is 595. The highest BCUT2D eigenvalue weighted by Gasteiger charge is 2.40. The molecule has 2 fully saturated rings. The third-order valence-electron chi connectivity index (χ3n) is 5.31. The van der Waals surface area contributed by atoms with E-state index in [1.807, 2.05) is 32.8 Å². The standard InChI is InChI=1S/C17H31N3O4S/c1-13-6-5-7-14(2)20(13)17(22)16(21)19(10-9-18(3)4)15-8-11-25(23,24)12-15/h13-15H,5-12H2,1-4H3. The van der Waals surface area contributed by atoms with Crippen LogP contribution in [0.1, 0.15) is 39.5 Å². The molecule has 0 aliphatic carbocycles. The number of sulfone groups is 1. The van der Waals surface area contributed by atoms with E-state index < -0.39 is 27.7 Å². The molecule has 0 N–H and O–H groups in total. The third-order valence-corrected chi connectivity index (χ3v) is 7.06. The van der Waals surface area contributed by atoms with Gasteiger partial charge in [-0.05, 0) is 53.6 Å². The number of carbonyl (C=O) groups is 2. The molecule has 0 saturated carbocycles. The minimum Gasteiger partial charge on any atom is -0.329 e. The van der Waals surface area contributed by atoms with Crippen molar-refractivity contribution in [2.24, 2.45) is 0 Å². The van der Waals surface area contributed by atoms with E-state index in [0.717, 1.165) is 19.3 Å². The zero-order valence-corrected chi connectivity index (χ0v) is 16.6. The predicted octanol–water partition coefficient (Wildman–Crippen LogP) is 0.353. The van der Waals surface area contributed by atoms with Crippen molar-refractivity contribution in [1.82, 2.24) is 14.7 Å². The Balaban J connectivity index is 2.17. The van der Waals surface area contributed by atoms with E-state index in [-0.39, 0.29) is 23.6 Å². The zero-order valence-electron chi connectivity index (χ0n) is 15.8. The average Bonchev–Trinajstić information content (AvgIpc) is 2.86. The van der Waals surface area contributed by atoms with Crippen molar-refractivity contribution in [3.05, 3.63) is 0 Å². The molecule has 3 unspecified atom stereocenters. The van der Waals surface area contributed by atoms with Gasteiger partial charge in [-0.25, -0.2) is 8.42 Å². The van der Waals surface area contributed by atoms with Gasteiger partial charge >= 0.3 is 11.8 Å². The van der Waals surface area contributed by atoms with Crippen LogP contribution in [0.25, 0.3) is 0 Å². The Hall–Kier alpha value is -1.15. The van der Waals surface area contributed by atoms with Crippen LogP contribution in [0.15, 0.2) is 0 Å². The van der Waals surface area contributed by atoms with E-state index in [1.54, 1.807) is 4.90 Å². The molecular formula is C17H31N3O4S. The summed E-state index contributed by atoms with van der Waals surface area (Å²) in [6.07, 6.45) is 3.28. The molecule has 0 spiro atoms. The van der Waals surface area contributed by atoms with Crippen LogP contribution in [0.5, 0.6) is 0 Å². The quantitative estimate of drug-likeness (QED) is 0.665. The molecule has 2 heterocycles. The average molecular weight is 374 g/mol. The minimum absolute atomic E-state index is 0.0371. The van der Waals surface area contributed by atoms with Crippen LogP contribution in [-0.4, -0.2) is 91.7 Å². The van der Waals surface area contributed by atoms with Crippen LogP contribution >= 0.6 is 0 Å². The summed E-state index contributed by atoms with van der Waals surface area (Å²) >= 11 is 0. The van der Waals surface area contributed by atoms with Crippen molar-refractivity contribution in [3.63, 3.8) is 0 Å². The van der Waals surface area contributed by atoms with Gasteiger partial charge < -0.3 is 14.7 Å². The highest BCUT2D eigenvalue weighted by atomic mass is 32.2. The number of rotatable bonds is 4. The van der Waals surface area contributed by atoms with Gasteiger partial charge in [0.25, 0.3) is 0 Å². The monoisotopic (exact) mass is 373 g/mol. The van der Waals surface area contributed by atoms with E-state index >= 15 is 0 Å². The minimum atomic E-state index is -3.12. The van der Waals surface area contributed by atoms with Gasteiger partial charge in [-0.2, -0.15) is 0 Å². The number of carbonyl (C=O) groups excluding carboxylic acids is 2. The lowest BCUT2D eigenvalue weighted by Crippen LogP contribution is -2.56. The van der Waals surface area contributed by atoms with Gasteiger partial charge in [-0.1, -0.05) is 0 Å². The first-order valence-corrected chi connectivity index (χ1v) is 10.9. The zero-order chi connectivity index (χ0) is 18.8. The number of likely N-dealkylation sites (N-methyl/N-ethyl adjacent to an activating group) is 1. The molecule has 2 aliphatic heterocycles. The summed E-state index contributed by atoms with van der Waals surface area (Å²) in [6, 6.07) is -0.303. The molecule has 0 bridgehead atoms. The fourth-order valence-corrected chi connectivity index (χ4v) is 5.56. The second-order valence-electron chi connectivity index (χ2n) is 7.70. The summed E-state index contributed by atoms with van der Waals surface area (Å²) in [5, 5.41) is 0. The maximum Gasteiger partial charge on any atom is 0.312 e. The van der Waals surface area contributed by atoms with Gasteiger partial charge in [0.05, 0.1) is 11.5 Å². The molecule has 25 heavy (non-hydrogen) atoms. The molecule has 2 amide bonds. The van der Waals surface area contributed by atoms with Crippen molar-refractivity contribution < 1.29 is 18.0 Å². The van der Waals surface area contributed by atoms with Gasteiger partial charge in [0.1, 0.15) is 0 Å². The fourth-order valence-electron chi connectivity index (χ4n) is 3.83. The smallest absolute Gasteiger partial charge is 0.312 e. The summed E-state index contributed by atoms with van der Waals surface area (Å²) in [7, 11) is 0.670. The Morgan fingerprint density at radius 1 is 1.04 bits per heavy atom. The van der Waals surface area contributed by atoms with Crippen molar-refractivity contribution >= 4 is 21.7 Å². The normalized spacial score (nSPS) is 29.0. The van der Waals surface area contributed by atoms with Crippen molar-refractivity contribution in [3.8, 4) is 0 Å². The number of hydrogen-bond acceptors (Lipinski definition) is 5. The molecule has 8 heteroatoms. The Morgan fingerprint density at radius 3 is 2.12 bits per heavy atom. The third kappa shape index (κ3) is 4.94. The Labute approximate surface area is 151 Å². The number of hydrogen-bond donors (Lipinski definition) is 0. The first kappa shape index (κ1) is 20.2. The molecule has 0 aromatic rings. The fraction of sp³-hybridized carbons (Fsp3) is 0.882. The highest BCUT2D eigenvalue weighted by Crippen LogP contribution is 2.24. The number of nitrogens with zero attached hydrogens (tertiary/aromatic N) is 3. The van der Waals surface area contributed by atoms with E-state index in [9.17, 15) is 18.0 Å². The van der Waals surface area contributed by atoms with Gasteiger partial charge in [0.15, 0.2) is 9.84 Å². The molecule has 3 atom stereocenters. The van der Waals surface area contributed by atoms with Crippen LogP contribution in [0.4, 0.5) is 0 Å². The summed E-state index contributed by atoms with van der Waals surface area (Å²) in [6.45, 7) is 4.92. The van der Waals surface area contributed by atoms with E-state index in [1.165, 1.54) is 4.90 Å². The summed E-state index contributed by atoms with van der Waals surface area (Å²) in [5.41, 5.74) is 0. The molecule has 7 nitrogen and oxygen atoms in total. The largest absolute Gasteiger partial charge is 0.329 e. The molecule has 2 aliphatic rings. The maximum atomic E-state index is 13.0. The van der Waals surface area contributed by atoms with Crippen molar-refractivity contribution in [1.29, 1.82) is 0 Å². The van der Waals surface area contributed by atoms with E-state index in [4.69, 9.17) is 0 Å². The molecule has 0 radical (unpaired) electrons. The second kappa shape index (κ2) is 8.03. The summed E-state index contributed by atoms with van der Waals surface area (Å²) < 4.78 is 23.7. The molecule has 0 aromatic heterocycles. The molecule has 2 rings (SSSR count). The van der Waals surface area contributed by atoms with Crippen molar-refractivity contribution in [2.75, 3.05) is 38.7 Å². The topological polar surface area (TPSA) is 78.0 Å². The molecule has 144 valence electrons. The molecule has 2 saturated heterocycles. The SMILES string of the molecule is CC1CCCC(C)N1C(=O)C(=O)N(CCN(C)C)C1CCS(=O)(=O)C1. The summed E-state index contributed by atoms with van der Waals surface area (Å²) in [5.74, 6) is -0.981. The predicted molar refractivity (Wildman–Crippen MR) is 96.9 cm³/mol. The van der Waals surface area contributed by atoms with Crippen LogP contribution in [-0.2, 0) is 19.4 Å². The van der Waals surface area contributed by atoms with Gasteiger partial charge in [-0.15, -0.1) is 0 Å². The number of likely N-dealkylation sites (tertiary alicyclic amines) is 1. The van der Waals surface area contributed by atoms with Crippen LogP contribution in [0.2, 0.25) is 0 Å². The van der Waals surface area contributed by atoms with Crippen LogP contribution in [0.3, 0.4) is 0 Å². The first-order valence-electron chi connectivity index (χ1n) is 9.11. The Kier molecular flexibility index (Phi) is 6.48. The first-order chi connectivity index (χ1) is 11.6. The lowest BCUT2D eigenvalue weighted by Gasteiger charge is -2.40. The molecular weight excluding hydrogens is 342 g/mol. The number of amides is 2. The summed E-state index contributed by atoms with van der Waals surface area (Å²) in [4.78, 5) is 31.0. The Morgan fingerprint density at radius 2 is 1.64 bits per heavy atom. The lowest BCUT2D eigenvalue weighted by molar-refractivity contribution is -0.156.